The predicted molar refractivity (Wildman–Crippen MR) is 276 cm³/mol. The van der Waals surface area contributed by atoms with Crippen LogP contribution in [0.1, 0.15) is 33.4 Å². The molecule has 2 heterocycles. The number of phenolic OH excluding ortho intramolecular Hbond substituents is 2. The van der Waals surface area contributed by atoms with Gasteiger partial charge in [-0.1, -0.05) is 72.8 Å². The molecular formula is C60H46N4O4Pt. The summed E-state index contributed by atoms with van der Waals surface area (Å²) in [4.78, 5) is 14.0. The number of rotatable bonds is 8. The van der Waals surface area contributed by atoms with Crippen LogP contribution in [0.5, 0.6) is 34.5 Å². The first-order valence-corrected chi connectivity index (χ1v) is 22.6. The molecule has 0 spiro atoms. The second kappa shape index (κ2) is 18.5. The molecule has 0 saturated heterocycles. The summed E-state index contributed by atoms with van der Waals surface area (Å²) in [5.41, 5.74) is 16.6. The van der Waals surface area contributed by atoms with Crippen LogP contribution in [-0.4, -0.2) is 22.6 Å². The molecule has 0 bridgehead atoms. The molecule has 9 heteroatoms. The minimum Gasteiger partial charge on any atom is -0.507 e. The van der Waals surface area contributed by atoms with Gasteiger partial charge in [-0.05, 0) is 181 Å². The van der Waals surface area contributed by atoms with E-state index >= 15 is 0 Å². The van der Waals surface area contributed by atoms with Gasteiger partial charge in [0.25, 0.3) is 0 Å². The van der Waals surface area contributed by atoms with Crippen LogP contribution in [0.2, 0.25) is 0 Å². The van der Waals surface area contributed by atoms with Crippen LogP contribution in [0.25, 0.3) is 22.3 Å². The number of para-hydroxylation sites is 10. The van der Waals surface area contributed by atoms with Crippen LogP contribution in [-0.2, 0) is 21.1 Å². The maximum atomic E-state index is 11.3. The van der Waals surface area contributed by atoms with Gasteiger partial charge in [0.15, 0.2) is 23.0 Å². The van der Waals surface area contributed by atoms with E-state index in [9.17, 15) is 10.2 Å². The Hall–Kier alpha value is -8.19. The molecule has 9 aromatic rings. The molecule has 0 saturated carbocycles. The van der Waals surface area contributed by atoms with Gasteiger partial charge >= 0.3 is 0 Å². The monoisotopic (exact) mass is 1080 g/mol. The van der Waals surface area contributed by atoms with Gasteiger partial charge < -0.3 is 29.5 Å². The molecule has 0 radical (unpaired) electrons. The molecule has 11 rings (SSSR count). The summed E-state index contributed by atoms with van der Waals surface area (Å²) in [6.07, 6.45) is 3.31. The van der Waals surface area contributed by atoms with Gasteiger partial charge in [-0.25, -0.2) is 0 Å². The zero-order chi connectivity index (χ0) is 46.5. The fourth-order valence-electron chi connectivity index (χ4n) is 9.59. The Morgan fingerprint density at radius 1 is 0.391 bits per heavy atom. The third-order valence-corrected chi connectivity index (χ3v) is 12.6. The van der Waals surface area contributed by atoms with Crippen LogP contribution in [0, 0.1) is 27.7 Å². The first-order valence-electron chi connectivity index (χ1n) is 22.6. The third kappa shape index (κ3) is 8.34. The van der Waals surface area contributed by atoms with Crippen LogP contribution in [0.4, 0.5) is 45.5 Å². The van der Waals surface area contributed by atoms with E-state index in [1.807, 2.05) is 121 Å². The minimum absolute atomic E-state index is 0. The zero-order valence-electron chi connectivity index (χ0n) is 38.3. The number of aryl methyl sites for hydroxylation is 4. The van der Waals surface area contributed by atoms with Gasteiger partial charge in [0, 0.05) is 56.0 Å². The van der Waals surface area contributed by atoms with Crippen LogP contribution < -0.4 is 19.3 Å². The number of nitrogens with zero attached hydrogens (tertiary/aromatic N) is 4. The Labute approximate surface area is 416 Å². The Balaban J connectivity index is 0.00000553. The molecule has 0 aromatic heterocycles. The largest absolute Gasteiger partial charge is 0.507 e. The van der Waals surface area contributed by atoms with Crippen molar-refractivity contribution in [2.75, 3.05) is 9.80 Å². The van der Waals surface area contributed by atoms with Gasteiger partial charge in [-0.2, -0.15) is 0 Å². The second-order valence-electron chi connectivity index (χ2n) is 17.2. The average Bonchev–Trinajstić information content (AvgIpc) is 3.34. The summed E-state index contributed by atoms with van der Waals surface area (Å²) in [6, 6.07) is 60.0. The Kier molecular flexibility index (Phi) is 12.0. The van der Waals surface area contributed by atoms with Gasteiger partial charge in [-0.3, -0.25) is 9.98 Å². The van der Waals surface area contributed by atoms with E-state index in [2.05, 4.69) is 86.0 Å². The number of benzene rings is 9. The summed E-state index contributed by atoms with van der Waals surface area (Å²) in [5, 5.41) is 22.7. The van der Waals surface area contributed by atoms with Gasteiger partial charge in [0.2, 0.25) is 0 Å². The second-order valence-corrected chi connectivity index (χ2v) is 17.2. The predicted octanol–water partition coefficient (Wildman–Crippen LogP) is 16.3. The molecule has 340 valence electrons. The molecule has 0 fully saturated rings. The molecule has 2 aliphatic heterocycles. The van der Waals surface area contributed by atoms with E-state index < -0.39 is 0 Å². The Morgan fingerprint density at radius 2 is 0.696 bits per heavy atom. The van der Waals surface area contributed by atoms with E-state index in [0.29, 0.717) is 22.5 Å². The number of ether oxygens (including phenoxy) is 2. The number of hydrogen-bond acceptors (Lipinski definition) is 8. The summed E-state index contributed by atoms with van der Waals surface area (Å²) in [6.45, 7) is 8.42. The number of hydrogen-bond donors (Lipinski definition) is 2. The fourth-order valence-corrected chi connectivity index (χ4v) is 9.59. The molecule has 0 atom stereocenters. The minimum atomic E-state index is 0. The third-order valence-electron chi connectivity index (χ3n) is 12.6. The smallest absolute Gasteiger partial charge is 0.151 e. The van der Waals surface area contributed by atoms with E-state index in [1.165, 1.54) is 0 Å². The van der Waals surface area contributed by atoms with E-state index in [1.54, 1.807) is 24.6 Å². The summed E-state index contributed by atoms with van der Waals surface area (Å²) >= 11 is 0. The zero-order valence-corrected chi connectivity index (χ0v) is 40.6. The van der Waals surface area contributed by atoms with E-state index in [4.69, 9.17) is 19.5 Å². The molecule has 0 amide bonds. The molecular weight excluding hydrogens is 1040 g/mol. The maximum Gasteiger partial charge on any atom is 0.151 e. The van der Waals surface area contributed by atoms with Crippen molar-refractivity contribution >= 4 is 57.9 Å². The van der Waals surface area contributed by atoms with Crippen molar-refractivity contribution in [1.29, 1.82) is 0 Å². The van der Waals surface area contributed by atoms with Crippen molar-refractivity contribution in [3.8, 4) is 56.8 Å². The topological polar surface area (TPSA) is 90.1 Å². The number of aliphatic imine (C=N–C) groups is 2. The Bertz CT molecular complexity index is 3160. The van der Waals surface area contributed by atoms with Crippen LogP contribution in [0.3, 0.4) is 0 Å². The Morgan fingerprint density at radius 3 is 1.01 bits per heavy atom. The van der Waals surface area contributed by atoms with Crippen molar-refractivity contribution in [1.82, 2.24) is 0 Å². The molecule has 9 aromatic carbocycles. The standard InChI is InChI=1S/C60H46N4O4.Pt/c1-37-29-45(63-49-17-7-11-21-55(49)67-56-22-12-8-18-50(56)63)30-38(2)59(37)41-25-27-43(53(65)33-41)35-61-47-15-5-6-16-48(47)62-36-44-28-26-42(34-54(44)66)60-39(3)31-46(32-40(60)4)64-51-19-9-13-23-57(51)68-58-24-14-10-20-52(58)64;/h5-36,65-66H,1-4H3;. The number of aromatic hydroxyl groups is 2. The summed E-state index contributed by atoms with van der Waals surface area (Å²) in [5.74, 6) is 3.46. The summed E-state index contributed by atoms with van der Waals surface area (Å²) < 4.78 is 12.5. The normalized spacial score (nSPS) is 12.4. The van der Waals surface area contributed by atoms with Crippen LogP contribution >= 0.6 is 0 Å². The van der Waals surface area contributed by atoms with Crippen molar-refractivity contribution in [2.24, 2.45) is 9.98 Å². The quantitative estimate of drug-likeness (QED) is 0.147. The first kappa shape index (κ1) is 44.6. The van der Waals surface area contributed by atoms with Crippen molar-refractivity contribution in [2.45, 2.75) is 27.7 Å². The van der Waals surface area contributed by atoms with Crippen molar-refractivity contribution < 1.29 is 40.8 Å². The van der Waals surface area contributed by atoms with Gasteiger partial charge in [0.05, 0.1) is 34.1 Å². The number of anilines is 6. The van der Waals surface area contributed by atoms with Gasteiger partial charge in [0.1, 0.15) is 11.5 Å². The fraction of sp³-hybridized carbons (Fsp3) is 0.0667. The molecule has 2 N–H and O–H groups in total. The molecule has 0 unspecified atom stereocenters. The number of fused-ring (bicyclic) bond motifs is 4. The number of phenols is 2. The van der Waals surface area contributed by atoms with E-state index in [-0.39, 0.29) is 32.6 Å². The molecule has 2 aliphatic rings. The van der Waals surface area contributed by atoms with Crippen molar-refractivity contribution in [3.63, 3.8) is 0 Å². The summed E-state index contributed by atoms with van der Waals surface area (Å²) in [7, 11) is 0. The van der Waals surface area contributed by atoms with Crippen LogP contribution in [0.15, 0.2) is 192 Å². The average molecular weight is 1080 g/mol. The maximum absolute atomic E-state index is 11.3. The molecule has 69 heavy (non-hydrogen) atoms. The first-order chi connectivity index (χ1) is 33.2. The molecule has 0 aliphatic carbocycles. The van der Waals surface area contributed by atoms with Gasteiger partial charge in [-0.15, -0.1) is 0 Å². The van der Waals surface area contributed by atoms with Crippen molar-refractivity contribution in [3.05, 3.63) is 215 Å². The van der Waals surface area contributed by atoms with E-state index in [0.717, 1.165) is 102 Å². The SMILES string of the molecule is Cc1cc(N2c3ccccc3Oc3ccccc32)cc(C)c1-c1ccc(C=Nc2ccccc2N=Cc2ccc(-c3c(C)cc(N4c5ccccc5Oc5ccccc54)cc3C)cc2O)c(O)c1.[Pt]. The molecule has 8 nitrogen and oxygen atoms in total.